The molecule has 0 aromatic heterocycles. The lowest BCUT2D eigenvalue weighted by Gasteiger charge is -2.43. The van der Waals surface area contributed by atoms with Gasteiger partial charge in [-0.2, -0.15) is 0 Å². The third-order valence-corrected chi connectivity index (χ3v) is 5.06. The maximum Gasteiger partial charge on any atom is 0.232 e. The minimum atomic E-state index is -0.972. The van der Waals surface area contributed by atoms with Gasteiger partial charge >= 0.3 is 0 Å². The first-order valence-electron chi connectivity index (χ1n) is 7.39. The molecule has 0 N–H and O–H groups in total. The minimum absolute atomic E-state index is 0.0134. The van der Waals surface area contributed by atoms with Gasteiger partial charge in [0.05, 0.1) is 16.7 Å². The van der Waals surface area contributed by atoms with E-state index in [0.29, 0.717) is 10.9 Å². The van der Waals surface area contributed by atoms with Crippen LogP contribution in [0.2, 0.25) is 0 Å². The molecule has 0 aromatic carbocycles. The fourth-order valence-electron chi connectivity index (χ4n) is 3.25. The molecule has 2 aliphatic heterocycles. The zero-order valence-electron chi connectivity index (χ0n) is 12.8. The summed E-state index contributed by atoms with van der Waals surface area (Å²) in [6, 6.07) is 0. The molecule has 0 amide bonds. The minimum Gasteiger partial charge on any atom is -0.351 e. The largest absolute Gasteiger partial charge is 0.351 e. The molecule has 4 nitrogen and oxygen atoms in total. The number of ketones is 1. The van der Waals surface area contributed by atoms with Crippen molar-refractivity contribution in [2.75, 3.05) is 0 Å². The van der Waals surface area contributed by atoms with E-state index in [-0.39, 0.29) is 24.1 Å². The molecule has 0 radical (unpaired) electrons. The van der Waals surface area contributed by atoms with E-state index in [1.807, 2.05) is 33.8 Å². The van der Waals surface area contributed by atoms with Crippen molar-refractivity contribution in [2.45, 2.75) is 70.2 Å². The van der Waals surface area contributed by atoms with E-state index in [1.165, 1.54) is 5.57 Å². The number of allylic oxidation sites excluding steroid dienone is 1. The van der Waals surface area contributed by atoms with Crippen LogP contribution in [0.5, 0.6) is 0 Å². The number of hydrogen-bond acceptors (Lipinski definition) is 4. The number of halogens is 1. The highest BCUT2D eigenvalue weighted by molar-refractivity contribution is 9.11. The molecule has 2 fully saturated rings. The van der Waals surface area contributed by atoms with Gasteiger partial charge < -0.3 is 14.2 Å². The molecule has 1 spiro atoms. The summed E-state index contributed by atoms with van der Waals surface area (Å²) in [5.74, 6) is -0.985. The second kappa shape index (κ2) is 5.01. The molecular weight excluding hydrogens is 336 g/mol. The first-order chi connectivity index (χ1) is 9.80. The molecule has 2 heterocycles. The highest BCUT2D eigenvalue weighted by Crippen LogP contribution is 2.57. The average Bonchev–Trinajstić information content (AvgIpc) is 3.10. The first-order valence-corrected chi connectivity index (χ1v) is 8.18. The van der Waals surface area contributed by atoms with Crippen molar-refractivity contribution >= 4 is 21.7 Å². The van der Waals surface area contributed by atoms with Crippen molar-refractivity contribution in [1.29, 1.82) is 0 Å². The number of fused-ring (bicyclic) bond motifs is 2. The van der Waals surface area contributed by atoms with Crippen LogP contribution in [-0.4, -0.2) is 35.5 Å². The van der Waals surface area contributed by atoms with Gasteiger partial charge in [0.15, 0.2) is 17.5 Å². The Labute approximate surface area is 133 Å². The predicted molar refractivity (Wildman–Crippen MR) is 82.1 cm³/mol. The molecule has 3 rings (SSSR count). The Bertz CT molecular complexity index is 524. The summed E-state index contributed by atoms with van der Waals surface area (Å²) in [6.45, 7) is 8.08. The lowest BCUT2D eigenvalue weighted by Crippen LogP contribution is -2.56. The highest BCUT2D eigenvalue weighted by atomic mass is 79.9. The number of hydrogen-bond donors (Lipinski definition) is 0. The summed E-state index contributed by atoms with van der Waals surface area (Å²) in [4.78, 5) is 12.4. The van der Waals surface area contributed by atoms with E-state index in [0.717, 1.165) is 6.42 Å². The van der Waals surface area contributed by atoms with E-state index >= 15 is 0 Å². The van der Waals surface area contributed by atoms with Gasteiger partial charge in [-0.3, -0.25) is 4.79 Å². The van der Waals surface area contributed by atoms with E-state index in [4.69, 9.17) is 14.2 Å². The second-order valence-corrected chi connectivity index (χ2v) is 7.34. The van der Waals surface area contributed by atoms with E-state index < -0.39 is 11.4 Å². The van der Waals surface area contributed by atoms with Gasteiger partial charge in [-0.25, -0.2) is 0 Å². The van der Waals surface area contributed by atoms with Crippen molar-refractivity contribution in [1.82, 2.24) is 0 Å². The molecule has 21 heavy (non-hydrogen) atoms. The van der Waals surface area contributed by atoms with Gasteiger partial charge in [-0.05, 0) is 56.1 Å². The monoisotopic (exact) mass is 356 g/mol. The fourth-order valence-corrected chi connectivity index (χ4v) is 3.85. The zero-order chi connectivity index (χ0) is 15.4. The molecule has 1 aliphatic carbocycles. The molecule has 5 heteroatoms. The quantitative estimate of drug-likeness (QED) is 0.562. The van der Waals surface area contributed by atoms with Crippen molar-refractivity contribution in [3.05, 3.63) is 22.2 Å². The van der Waals surface area contributed by atoms with Crippen LogP contribution >= 0.6 is 15.9 Å². The van der Waals surface area contributed by atoms with Crippen LogP contribution in [0.25, 0.3) is 0 Å². The maximum atomic E-state index is 12.4. The standard InChI is InChI=1S/C16H21BrO4/c1-9(2)5-6-15-13(18)8-12(17)16(14(15)21-15)19-10(3)7-11(4)20-16/h5,8,10-11,14H,6-7H2,1-4H3/t10-,11-,14+,15+/m1/s1. The van der Waals surface area contributed by atoms with Crippen molar-refractivity contribution in [3.8, 4) is 0 Å². The molecule has 116 valence electrons. The van der Waals surface area contributed by atoms with Crippen LogP contribution < -0.4 is 0 Å². The smallest absolute Gasteiger partial charge is 0.232 e. The van der Waals surface area contributed by atoms with E-state index in [9.17, 15) is 4.79 Å². The van der Waals surface area contributed by atoms with Crippen LogP contribution in [0.3, 0.4) is 0 Å². The van der Waals surface area contributed by atoms with Crippen molar-refractivity contribution in [2.24, 2.45) is 0 Å². The Morgan fingerprint density at radius 3 is 2.52 bits per heavy atom. The topological polar surface area (TPSA) is 48.1 Å². The molecule has 0 unspecified atom stereocenters. The van der Waals surface area contributed by atoms with Crippen molar-refractivity contribution < 1.29 is 19.0 Å². The van der Waals surface area contributed by atoms with E-state index in [2.05, 4.69) is 15.9 Å². The number of rotatable bonds is 2. The molecular formula is C16H21BrO4. The van der Waals surface area contributed by atoms with Crippen LogP contribution in [0, 0.1) is 0 Å². The van der Waals surface area contributed by atoms with Gasteiger partial charge in [0, 0.05) is 6.42 Å². The summed E-state index contributed by atoms with van der Waals surface area (Å²) in [5, 5.41) is 0. The first kappa shape index (κ1) is 15.4. The van der Waals surface area contributed by atoms with Gasteiger partial charge in [0.2, 0.25) is 5.79 Å². The fraction of sp³-hybridized carbons (Fsp3) is 0.688. The normalized spacial score (nSPS) is 45.1. The summed E-state index contributed by atoms with van der Waals surface area (Å²) in [6.07, 6.45) is 4.75. The summed E-state index contributed by atoms with van der Waals surface area (Å²) < 4.78 is 18.7. The Balaban J connectivity index is 1.95. The number of carbonyl (C=O) groups is 1. The summed E-state index contributed by atoms with van der Waals surface area (Å²) in [7, 11) is 0. The second-order valence-electron chi connectivity index (χ2n) is 6.49. The SMILES string of the molecule is CC(C)=CC[C@@]12O[C@@H]1C1(O[C@H](C)C[C@@H](C)O1)C(Br)=CC2=O. The molecule has 2 saturated heterocycles. The van der Waals surface area contributed by atoms with Crippen LogP contribution in [-0.2, 0) is 19.0 Å². The zero-order valence-corrected chi connectivity index (χ0v) is 14.4. The molecule has 4 atom stereocenters. The molecule has 0 bridgehead atoms. The van der Waals surface area contributed by atoms with Gasteiger partial charge in [0.25, 0.3) is 0 Å². The number of carbonyl (C=O) groups excluding carboxylic acids is 1. The third kappa shape index (κ3) is 2.34. The number of epoxide rings is 1. The van der Waals surface area contributed by atoms with Crippen LogP contribution in [0.1, 0.15) is 40.5 Å². The van der Waals surface area contributed by atoms with Crippen molar-refractivity contribution in [3.63, 3.8) is 0 Å². The Kier molecular flexibility index (Phi) is 3.68. The van der Waals surface area contributed by atoms with Crippen LogP contribution in [0.4, 0.5) is 0 Å². The Hall–Kier alpha value is -0.490. The molecule has 3 aliphatic rings. The van der Waals surface area contributed by atoms with E-state index in [1.54, 1.807) is 6.08 Å². The molecule has 0 aromatic rings. The average molecular weight is 357 g/mol. The summed E-state index contributed by atoms with van der Waals surface area (Å²) in [5.41, 5.74) is 0.354. The van der Waals surface area contributed by atoms with Gasteiger partial charge in [-0.15, -0.1) is 0 Å². The third-order valence-electron chi connectivity index (χ3n) is 4.28. The molecule has 0 saturated carbocycles. The lowest BCUT2D eigenvalue weighted by atomic mass is 9.85. The highest BCUT2D eigenvalue weighted by Gasteiger charge is 2.75. The Morgan fingerprint density at radius 1 is 1.33 bits per heavy atom. The van der Waals surface area contributed by atoms with Crippen LogP contribution in [0.15, 0.2) is 22.2 Å². The number of ether oxygens (including phenoxy) is 3. The lowest BCUT2D eigenvalue weighted by molar-refractivity contribution is -0.295. The maximum absolute atomic E-state index is 12.4. The van der Waals surface area contributed by atoms with Gasteiger partial charge in [-0.1, -0.05) is 11.6 Å². The summed E-state index contributed by atoms with van der Waals surface area (Å²) >= 11 is 3.47. The predicted octanol–water partition coefficient (Wildman–Crippen LogP) is 3.25. The Morgan fingerprint density at radius 2 is 1.95 bits per heavy atom. The van der Waals surface area contributed by atoms with Gasteiger partial charge in [0.1, 0.15) is 0 Å².